The van der Waals surface area contributed by atoms with Crippen molar-refractivity contribution in [3.8, 4) is 0 Å². The number of phosphoric ester groups is 1. The van der Waals surface area contributed by atoms with Crippen LogP contribution in [0.3, 0.4) is 0 Å². The van der Waals surface area contributed by atoms with Gasteiger partial charge in [0, 0.05) is 24.9 Å². The number of amides is 2. The molecule has 0 aliphatic rings. The molecule has 0 saturated heterocycles. The van der Waals surface area contributed by atoms with Gasteiger partial charge in [0.25, 0.3) is 0 Å². The first kappa shape index (κ1) is 32.0. The quantitative estimate of drug-likeness (QED) is 0.292. The molecule has 196 valence electrons. The molecule has 0 aromatic heterocycles. The second kappa shape index (κ2) is 13.8. The smallest absolute Gasteiger partial charge is 0.353 e. The van der Waals surface area contributed by atoms with Crippen molar-refractivity contribution < 1.29 is 28.1 Å². The molecule has 8 nitrogen and oxygen atoms in total. The van der Waals surface area contributed by atoms with Crippen LogP contribution in [0.2, 0.25) is 0 Å². The first-order chi connectivity index (χ1) is 14.9. The van der Waals surface area contributed by atoms with E-state index in [-0.39, 0.29) is 48.1 Å². The Labute approximate surface area is 201 Å². The molecule has 0 aromatic carbocycles. The Morgan fingerprint density at radius 2 is 1.39 bits per heavy atom. The Morgan fingerprint density at radius 3 is 1.79 bits per heavy atom. The van der Waals surface area contributed by atoms with Gasteiger partial charge in [-0.2, -0.15) is 0 Å². The SMILES string of the molecule is CCCC(C(=O)NCC(CNC(=O)C(CCC)C(C)(C)C)OP(=O)(O)OC(C)(C)C)C(C)C. The largest absolute Gasteiger partial charge is 0.473 e. The molecule has 0 aromatic rings. The molecule has 4 unspecified atom stereocenters. The summed E-state index contributed by atoms with van der Waals surface area (Å²) < 4.78 is 23.2. The summed E-state index contributed by atoms with van der Waals surface area (Å²) in [6.07, 6.45) is 2.30. The van der Waals surface area contributed by atoms with Crippen molar-refractivity contribution in [2.75, 3.05) is 13.1 Å². The van der Waals surface area contributed by atoms with E-state index in [2.05, 4.69) is 10.6 Å². The second-order valence-electron chi connectivity index (χ2n) is 11.2. The fourth-order valence-electron chi connectivity index (χ4n) is 3.71. The normalized spacial score (nSPS) is 17.2. The lowest BCUT2D eigenvalue weighted by Crippen LogP contribution is -2.46. The molecule has 0 fully saturated rings. The highest BCUT2D eigenvalue weighted by Crippen LogP contribution is 2.48. The molecule has 0 radical (unpaired) electrons. The first-order valence-electron chi connectivity index (χ1n) is 12.2. The minimum atomic E-state index is -4.42. The number of hydrogen-bond acceptors (Lipinski definition) is 5. The van der Waals surface area contributed by atoms with Crippen LogP contribution in [0.5, 0.6) is 0 Å². The Morgan fingerprint density at radius 1 is 0.909 bits per heavy atom. The number of carbonyl (C=O) groups excluding carboxylic acids is 2. The molecule has 3 N–H and O–H groups in total. The highest BCUT2D eigenvalue weighted by molar-refractivity contribution is 7.47. The van der Waals surface area contributed by atoms with Crippen LogP contribution >= 0.6 is 7.82 Å². The molecular formula is C24H49N2O6P. The van der Waals surface area contributed by atoms with Crippen molar-refractivity contribution in [3.05, 3.63) is 0 Å². The summed E-state index contributed by atoms with van der Waals surface area (Å²) in [7, 11) is -4.42. The average Bonchev–Trinajstić information content (AvgIpc) is 2.62. The number of nitrogens with one attached hydrogen (secondary N) is 2. The van der Waals surface area contributed by atoms with Crippen LogP contribution in [-0.2, 0) is 23.2 Å². The number of rotatable bonds is 14. The van der Waals surface area contributed by atoms with Gasteiger partial charge in [-0.25, -0.2) is 4.57 Å². The minimum Gasteiger partial charge on any atom is -0.353 e. The van der Waals surface area contributed by atoms with Gasteiger partial charge in [-0.3, -0.25) is 18.6 Å². The van der Waals surface area contributed by atoms with E-state index in [4.69, 9.17) is 9.05 Å². The maximum Gasteiger partial charge on any atom is 0.473 e. The van der Waals surface area contributed by atoms with E-state index in [1.807, 2.05) is 48.5 Å². The van der Waals surface area contributed by atoms with Crippen LogP contribution < -0.4 is 10.6 Å². The number of phosphoric acid groups is 1. The summed E-state index contributed by atoms with van der Waals surface area (Å²) >= 11 is 0. The van der Waals surface area contributed by atoms with E-state index >= 15 is 0 Å². The van der Waals surface area contributed by atoms with Gasteiger partial charge in [0.15, 0.2) is 0 Å². The Kier molecular flexibility index (Phi) is 13.4. The zero-order valence-corrected chi connectivity index (χ0v) is 23.4. The Hall–Kier alpha value is -0.950. The molecule has 0 saturated carbocycles. The first-order valence-corrected chi connectivity index (χ1v) is 13.7. The second-order valence-corrected chi connectivity index (χ2v) is 12.6. The van der Waals surface area contributed by atoms with Gasteiger partial charge in [0.1, 0.15) is 6.10 Å². The predicted molar refractivity (Wildman–Crippen MR) is 133 cm³/mol. The third-order valence-electron chi connectivity index (χ3n) is 5.36. The molecule has 0 heterocycles. The molecule has 0 aliphatic heterocycles. The van der Waals surface area contributed by atoms with Gasteiger partial charge >= 0.3 is 7.82 Å². The van der Waals surface area contributed by atoms with Gasteiger partial charge in [-0.05, 0) is 44.9 Å². The van der Waals surface area contributed by atoms with Gasteiger partial charge in [0.05, 0.1) is 5.60 Å². The summed E-state index contributed by atoms with van der Waals surface area (Å²) in [5, 5.41) is 5.70. The fraction of sp³-hybridized carbons (Fsp3) is 0.917. The van der Waals surface area contributed by atoms with Crippen molar-refractivity contribution in [2.45, 2.75) is 107 Å². The summed E-state index contributed by atoms with van der Waals surface area (Å²) in [5.41, 5.74) is -1.12. The molecule has 0 aliphatic carbocycles. The van der Waals surface area contributed by atoms with Crippen LogP contribution in [0.15, 0.2) is 0 Å². The lowest BCUT2D eigenvalue weighted by molar-refractivity contribution is -0.129. The average molecular weight is 493 g/mol. The highest BCUT2D eigenvalue weighted by atomic mass is 31.2. The molecule has 9 heteroatoms. The van der Waals surface area contributed by atoms with E-state index in [1.54, 1.807) is 20.8 Å². The Balaban J connectivity index is 5.43. The molecule has 2 amide bonds. The summed E-state index contributed by atoms with van der Waals surface area (Å²) in [6, 6.07) is 0. The molecule has 0 bridgehead atoms. The topological polar surface area (TPSA) is 114 Å². The minimum absolute atomic E-state index is 0.0158. The number of carbonyl (C=O) groups is 2. The third kappa shape index (κ3) is 13.5. The maximum atomic E-state index is 12.9. The van der Waals surface area contributed by atoms with Crippen LogP contribution in [0.25, 0.3) is 0 Å². The van der Waals surface area contributed by atoms with Gasteiger partial charge < -0.3 is 15.5 Å². The molecule has 0 spiro atoms. The van der Waals surface area contributed by atoms with Crippen LogP contribution in [0.1, 0.15) is 94.9 Å². The molecular weight excluding hydrogens is 443 g/mol. The van der Waals surface area contributed by atoms with E-state index < -0.39 is 19.5 Å². The van der Waals surface area contributed by atoms with Gasteiger partial charge in [0.2, 0.25) is 11.8 Å². The van der Waals surface area contributed by atoms with Crippen molar-refractivity contribution in [2.24, 2.45) is 23.2 Å². The number of hydrogen-bond donors (Lipinski definition) is 3. The van der Waals surface area contributed by atoms with Crippen molar-refractivity contribution in [1.82, 2.24) is 10.6 Å². The van der Waals surface area contributed by atoms with Crippen molar-refractivity contribution in [1.29, 1.82) is 0 Å². The lowest BCUT2D eigenvalue weighted by atomic mass is 9.77. The summed E-state index contributed by atoms with van der Waals surface area (Å²) in [4.78, 5) is 35.8. The third-order valence-corrected chi connectivity index (χ3v) is 6.70. The lowest BCUT2D eigenvalue weighted by Gasteiger charge is -2.31. The molecule has 0 rings (SSSR count). The standard InChI is InChI=1S/C24H49N2O6P/c1-11-13-19(17(3)4)21(27)25-15-18(31-33(29,30)32-24(8,9)10)16-26-22(28)20(14-12-2)23(5,6)7/h17-20H,11-16H2,1-10H3,(H,25,27)(H,26,28)(H,29,30). The predicted octanol–water partition coefficient (Wildman–Crippen LogP) is 5.05. The monoisotopic (exact) mass is 492 g/mol. The summed E-state index contributed by atoms with van der Waals surface area (Å²) in [5.74, 6) is -0.473. The maximum absolute atomic E-state index is 12.9. The molecule has 33 heavy (non-hydrogen) atoms. The van der Waals surface area contributed by atoms with E-state index in [9.17, 15) is 19.0 Å². The van der Waals surface area contributed by atoms with Crippen LogP contribution in [0.4, 0.5) is 0 Å². The van der Waals surface area contributed by atoms with E-state index in [0.717, 1.165) is 25.7 Å². The fourth-order valence-corrected chi connectivity index (χ4v) is 4.97. The Bertz CT molecular complexity index is 654. The van der Waals surface area contributed by atoms with Gasteiger partial charge in [-0.1, -0.05) is 61.3 Å². The summed E-state index contributed by atoms with van der Waals surface area (Å²) in [6.45, 7) is 19.0. The highest BCUT2D eigenvalue weighted by Gasteiger charge is 2.34. The van der Waals surface area contributed by atoms with Crippen LogP contribution in [-0.4, -0.2) is 41.5 Å². The van der Waals surface area contributed by atoms with Crippen molar-refractivity contribution >= 4 is 19.6 Å². The van der Waals surface area contributed by atoms with Crippen LogP contribution in [0, 0.1) is 23.2 Å². The van der Waals surface area contributed by atoms with E-state index in [0.29, 0.717) is 0 Å². The van der Waals surface area contributed by atoms with Crippen molar-refractivity contribution in [3.63, 3.8) is 0 Å². The zero-order chi connectivity index (χ0) is 26.0. The van der Waals surface area contributed by atoms with E-state index in [1.165, 1.54) is 0 Å². The van der Waals surface area contributed by atoms with Gasteiger partial charge in [-0.15, -0.1) is 0 Å². The molecule has 4 atom stereocenters. The zero-order valence-electron chi connectivity index (χ0n) is 22.5.